The number of hydrogen-bond acceptors (Lipinski definition) is 4. The van der Waals surface area contributed by atoms with Gasteiger partial charge in [0.2, 0.25) is 5.82 Å². The molecule has 1 aromatic carbocycles. The van der Waals surface area contributed by atoms with E-state index >= 15 is 0 Å². The lowest BCUT2D eigenvalue weighted by Gasteiger charge is -2.42. The van der Waals surface area contributed by atoms with Crippen LogP contribution in [0.5, 0.6) is 0 Å². The number of carbonyl (C=O) groups excluding carboxylic acids is 2. The van der Waals surface area contributed by atoms with Gasteiger partial charge in [0.25, 0.3) is 11.8 Å². The number of amides is 2. The van der Waals surface area contributed by atoms with Crippen LogP contribution >= 0.6 is 11.3 Å². The molecular weight excluding hydrogens is 477 g/mol. The minimum absolute atomic E-state index is 0.0201. The Morgan fingerprint density at radius 1 is 0.824 bits per heavy atom. The van der Waals surface area contributed by atoms with Crippen LogP contribution in [0.3, 0.4) is 0 Å². The van der Waals surface area contributed by atoms with Crippen LogP contribution in [-0.2, 0) is 12.0 Å². The molecule has 5 nitrogen and oxygen atoms in total. The standard InChI is InChI=1S/C23H24F5N3O2S/c1-21(2)8-9-10(19(33)30-23(5)6-7-23)20(34-17(9)22(3,4)31-21)29-18(32)11-12(24)14(26)16(28)15(27)13(11)25/h31H,6-8H2,1-5H3,(H,29,32)(H,30,33). The minimum atomic E-state index is -2.36. The van der Waals surface area contributed by atoms with Crippen LogP contribution in [-0.4, -0.2) is 22.9 Å². The fourth-order valence-electron chi connectivity index (χ4n) is 4.47. The predicted molar refractivity (Wildman–Crippen MR) is 118 cm³/mol. The van der Waals surface area contributed by atoms with E-state index in [4.69, 9.17) is 0 Å². The number of anilines is 1. The summed E-state index contributed by atoms with van der Waals surface area (Å²) in [6.45, 7) is 9.55. The first kappa shape index (κ1) is 24.6. The number of carbonyl (C=O) groups is 2. The van der Waals surface area contributed by atoms with Crippen molar-refractivity contribution in [1.82, 2.24) is 10.6 Å². The lowest BCUT2D eigenvalue weighted by Crippen LogP contribution is -2.55. The summed E-state index contributed by atoms with van der Waals surface area (Å²) >= 11 is 1.03. The van der Waals surface area contributed by atoms with Gasteiger partial charge in [0.1, 0.15) is 10.6 Å². The van der Waals surface area contributed by atoms with E-state index in [9.17, 15) is 31.5 Å². The van der Waals surface area contributed by atoms with E-state index in [1.807, 2.05) is 34.6 Å². The van der Waals surface area contributed by atoms with Gasteiger partial charge in [-0.2, -0.15) is 0 Å². The Bertz CT molecular complexity index is 1200. The summed E-state index contributed by atoms with van der Waals surface area (Å²) in [5.74, 6) is -13.3. The van der Waals surface area contributed by atoms with Crippen LogP contribution in [0.2, 0.25) is 0 Å². The number of hydrogen-bond donors (Lipinski definition) is 3. The average molecular weight is 502 g/mol. The highest BCUT2D eigenvalue weighted by molar-refractivity contribution is 7.17. The van der Waals surface area contributed by atoms with Crippen molar-refractivity contribution in [1.29, 1.82) is 0 Å². The number of rotatable bonds is 4. The first-order chi connectivity index (χ1) is 15.6. The first-order valence-electron chi connectivity index (χ1n) is 10.7. The maximum absolute atomic E-state index is 14.2. The number of fused-ring (bicyclic) bond motifs is 1. The van der Waals surface area contributed by atoms with Crippen molar-refractivity contribution in [2.24, 2.45) is 0 Å². The summed E-state index contributed by atoms with van der Waals surface area (Å²) in [6, 6.07) is 0. The lowest BCUT2D eigenvalue weighted by molar-refractivity contribution is 0.0934. The highest BCUT2D eigenvalue weighted by Gasteiger charge is 2.44. The van der Waals surface area contributed by atoms with Crippen molar-refractivity contribution in [2.75, 3.05) is 5.32 Å². The smallest absolute Gasteiger partial charge is 0.262 e. The molecule has 184 valence electrons. The summed E-state index contributed by atoms with van der Waals surface area (Å²) in [4.78, 5) is 26.8. The number of thiophene rings is 1. The molecule has 2 aromatic rings. The van der Waals surface area contributed by atoms with Gasteiger partial charge < -0.3 is 16.0 Å². The van der Waals surface area contributed by atoms with E-state index in [0.717, 1.165) is 29.1 Å². The van der Waals surface area contributed by atoms with E-state index < -0.39 is 63.1 Å². The molecule has 1 aliphatic carbocycles. The molecule has 2 amide bonds. The van der Waals surface area contributed by atoms with Gasteiger partial charge in [-0.05, 0) is 59.4 Å². The van der Waals surface area contributed by atoms with E-state index in [-0.39, 0.29) is 10.6 Å². The molecule has 11 heteroatoms. The maximum atomic E-state index is 14.2. The molecule has 1 aliphatic heterocycles. The van der Waals surface area contributed by atoms with Crippen LogP contribution in [0.15, 0.2) is 0 Å². The van der Waals surface area contributed by atoms with Gasteiger partial charge in [-0.25, -0.2) is 22.0 Å². The fourth-order valence-corrected chi connectivity index (χ4v) is 5.74. The summed E-state index contributed by atoms with van der Waals surface area (Å²) in [7, 11) is 0. The molecule has 34 heavy (non-hydrogen) atoms. The Morgan fingerprint density at radius 2 is 1.35 bits per heavy atom. The molecule has 0 unspecified atom stereocenters. The Morgan fingerprint density at radius 3 is 1.88 bits per heavy atom. The topological polar surface area (TPSA) is 70.2 Å². The molecule has 0 radical (unpaired) electrons. The van der Waals surface area contributed by atoms with Gasteiger partial charge >= 0.3 is 0 Å². The quantitative estimate of drug-likeness (QED) is 0.309. The summed E-state index contributed by atoms with van der Waals surface area (Å²) < 4.78 is 69.2. The molecule has 1 saturated carbocycles. The number of benzene rings is 1. The van der Waals surface area contributed by atoms with Crippen molar-refractivity contribution in [2.45, 2.75) is 70.5 Å². The molecule has 4 rings (SSSR count). The van der Waals surface area contributed by atoms with Crippen molar-refractivity contribution in [3.05, 3.63) is 50.7 Å². The third kappa shape index (κ3) is 4.08. The minimum Gasteiger partial charge on any atom is -0.347 e. The van der Waals surface area contributed by atoms with Crippen LogP contribution in [0.1, 0.15) is 78.6 Å². The monoisotopic (exact) mass is 501 g/mol. The van der Waals surface area contributed by atoms with Gasteiger partial charge in [0, 0.05) is 21.5 Å². The molecule has 1 aromatic heterocycles. The highest BCUT2D eigenvalue weighted by Crippen LogP contribution is 2.46. The number of halogens is 5. The van der Waals surface area contributed by atoms with E-state index in [0.29, 0.717) is 12.0 Å². The second-order valence-corrected chi connectivity index (χ2v) is 11.4. The maximum Gasteiger partial charge on any atom is 0.262 e. The molecule has 0 spiro atoms. The van der Waals surface area contributed by atoms with E-state index in [1.54, 1.807) is 0 Å². The molecule has 2 aliphatic rings. The van der Waals surface area contributed by atoms with Gasteiger partial charge in [-0.15, -0.1) is 11.3 Å². The third-order valence-corrected chi connectivity index (χ3v) is 7.62. The zero-order valence-electron chi connectivity index (χ0n) is 19.2. The zero-order valence-corrected chi connectivity index (χ0v) is 20.1. The summed E-state index contributed by atoms with van der Waals surface area (Å²) in [5.41, 5.74) is -2.25. The van der Waals surface area contributed by atoms with Crippen LogP contribution in [0, 0.1) is 29.1 Å². The highest BCUT2D eigenvalue weighted by atomic mass is 32.1. The first-order valence-corrected chi connectivity index (χ1v) is 11.5. The molecular formula is C23H24F5N3O2S. The third-order valence-electron chi connectivity index (χ3n) is 6.15. The second kappa shape index (κ2) is 7.74. The van der Waals surface area contributed by atoms with Crippen LogP contribution in [0.4, 0.5) is 27.0 Å². The van der Waals surface area contributed by atoms with Crippen molar-refractivity contribution < 1.29 is 31.5 Å². The van der Waals surface area contributed by atoms with E-state index in [1.165, 1.54) is 0 Å². The Kier molecular flexibility index (Phi) is 5.60. The Balaban J connectivity index is 1.82. The lowest BCUT2D eigenvalue weighted by atomic mass is 9.81. The number of nitrogens with one attached hydrogen (secondary N) is 3. The molecule has 3 N–H and O–H groups in total. The molecule has 0 atom stereocenters. The van der Waals surface area contributed by atoms with E-state index in [2.05, 4.69) is 16.0 Å². The normalized spacial score (nSPS) is 19.4. The van der Waals surface area contributed by atoms with Crippen molar-refractivity contribution in [3.8, 4) is 0 Å². The van der Waals surface area contributed by atoms with Crippen molar-refractivity contribution >= 4 is 28.2 Å². The fraction of sp³-hybridized carbons (Fsp3) is 0.478. The summed E-state index contributed by atoms with van der Waals surface area (Å²) in [5, 5.41) is 8.60. The summed E-state index contributed by atoms with van der Waals surface area (Å²) in [6.07, 6.45) is 1.96. The van der Waals surface area contributed by atoms with Crippen LogP contribution in [0.25, 0.3) is 0 Å². The Hall–Kier alpha value is -2.53. The zero-order chi connectivity index (χ0) is 25.4. The largest absolute Gasteiger partial charge is 0.347 e. The predicted octanol–water partition coefficient (Wildman–Crippen LogP) is 5.14. The molecule has 1 fully saturated rings. The SMILES string of the molecule is CC1(C)Cc2c(sc(NC(=O)c3c(F)c(F)c(F)c(F)c3F)c2C(=O)NC2(C)CC2)C(C)(C)N1. The van der Waals surface area contributed by atoms with Gasteiger partial charge in [-0.3, -0.25) is 9.59 Å². The average Bonchev–Trinajstić information content (AvgIpc) is 3.31. The molecule has 0 saturated heterocycles. The van der Waals surface area contributed by atoms with Gasteiger partial charge in [-0.1, -0.05) is 0 Å². The molecule has 0 bridgehead atoms. The Labute approximate surface area is 197 Å². The van der Waals surface area contributed by atoms with Crippen LogP contribution < -0.4 is 16.0 Å². The second-order valence-electron chi connectivity index (χ2n) is 10.3. The van der Waals surface area contributed by atoms with Crippen molar-refractivity contribution in [3.63, 3.8) is 0 Å². The van der Waals surface area contributed by atoms with Gasteiger partial charge in [0.05, 0.1) is 5.56 Å². The van der Waals surface area contributed by atoms with Gasteiger partial charge in [0.15, 0.2) is 23.3 Å². The molecule has 2 heterocycles.